The second-order valence-electron chi connectivity index (χ2n) is 9.11. The highest BCUT2D eigenvalue weighted by Crippen LogP contribution is 2.44. The number of methoxy groups -OCH3 is 1. The van der Waals surface area contributed by atoms with Gasteiger partial charge in [-0.1, -0.05) is 23.8 Å². The molecule has 1 aliphatic rings. The van der Waals surface area contributed by atoms with Gasteiger partial charge in [-0.3, -0.25) is 15.1 Å². The van der Waals surface area contributed by atoms with Crippen LogP contribution in [0, 0.1) is 30.9 Å². The zero-order valence-corrected chi connectivity index (χ0v) is 21.8. The van der Waals surface area contributed by atoms with Crippen LogP contribution < -0.4 is 15.0 Å². The second kappa shape index (κ2) is 9.67. The molecule has 1 saturated heterocycles. The lowest BCUT2D eigenvalue weighted by atomic mass is 9.96. The van der Waals surface area contributed by atoms with Gasteiger partial charge in [0.2, 0.25) is 0 Å². The number of aromatic nitrogens is 2. The molecule has 3 heterocycles. The summed E-state index contributed by atoms with van der Waals surface area (Å²) in [5, 5.41) is 16.1. The van der Waals surface area contributed by atoms with Gasteiger partial charge in [0.1, 0.15) is 11.4 Å². The monoisotopic (exact) mass is 513 g/mol. The standard InChI is InChI=1S/C28H27N5O3S/c1-17-8-10-20(11-9-17)32-27(26(30-28(32)37)23-7-5-6-14-29-23)22-15-18(2)31(19(22)3)24-13-12-21(36-4)16-25(24)33(34)35/h5-16,26-27H,1-4H3,(H,30,37)/t26-,27+/m1/s1. The number of rotatable bonds is 6. The van der Waals surface area contributed by atoms with Gasteiger partial charge in [-0.15, -0.1) is 0 Å². The highest BCUT2D eigenvalue weighted by molar-refractivity contribution is 7.80. The minimum atomic E-state index is -0.377. The van der Waals surface area contributed by atoms with E-state index in [0.29, 0.717) is 16.5 Å². The van der Waals surface area contributed by atoms with Crippen LogP contribution in [-0.2, 0) is 0 Å². The summed E-state index contributed by atoms with van der Waals surface area (Å²) >= 11 is 5.85. The molecule has 0 amide bonds. The zero-order chi connectivity index (χ0) is 26.3. The largest absolute Gasteiger partial charge is 0.496 e. The molecule has 1 N–H and O–H groups in total. The summed E-state index contributed by atoms with van der Waals surface area (Å²) in [6.45, 7) is 5.99. The molecule has 2 aromatic carbocycles. The third-order valence-electron chi connectivity index (χ3n) is 6.82. The lowest BCUT2D eigenvalue weighted by Crippen LogP contribution is -2.29. The highest BCUT2D eigenvalue weighted by Gasteiger charge is 2.42. The van der Waals surface area contributed by atoms with Crippen molar-refractivity contribution in [3.05, 3.63) is 111 Å². The van der Waals surface area contributed by atoms with Crippen molar-refractivity contribution < 1.29 is 9.66 Å². The number of pyridine rings is 1. The number of benzene rings is 2. The Morgan fingerprint density at radius 1 is 1.05 bits per heavy atom. The Morgan fingerprint density at radius 2 is 1.81 bits per heavy atom. The van der Waals surface area contributed by atoms with E-state index in [0.717, 1.165) is 33.9 Å². The van der Waals surface area contributed by atoms with Crippen LogP contribution in [0.25, 0.3) is 5.69 Å². The van der Waals surface area contributed by atoms with E-state index in [-0.39, 0.29) is 22.7 Å². The normalized spacial score (nSPS) is 17.1. The molecular weight excluding hydrogens is 486 g/mol. The fourth-order valence-electron chi connectivity index (χ4n) is 5.08. The Hall–Kier alpha value is -4.24. The van der Waals surface area contributed by atoms with Crippen LogP contribution in [0.3, 0.4) is 0 Å². The molecule has 1 fully saturated rings. The third kappa shape index (κ3) is 4.31. The summed E-state index contributed by atoms with van der Waals surface area (Å²) in [5.74, 6) is 0.434. The Labute approximate surface area is 220 Å². The van der Waals surface area contributed by atoms with E-state index in [9.17, 15) is 10.1 Å². The van der Waals surface area contributed by atoms with Crippen LogP contribution in [0.2, 0.25) is 0 Å². The number of nitro benzene ring substituents is 1. The number of nitrogens with one attached hydrogen (secondary N) is 1. The van der Waals surface area contributed by atoms with Crippen molar-refractivity contribution in [3.8, 4) is 11.4 Å². The topological polar surface area (TPSA) is 85.5 Å². The maximum atomic E-state index is 12.0. The first-order valence-corrected chi connectivity index (χ1v) is 12.3. The summed E-state index contributed by atoms with van der Waals surface area (Å²) in [7, 11) is 1.50. The summed E-state index contributed by atoms with van der Waals surface area (Å²) in [5.41, 5.74) is 6.22. The van der Waals surface area contributed by atoms with Crippen molar-refractivity contribution in [2.45, 2.75) is 32.9 Å². The van der Waals surface area contributed by atoms with Crippen LogP contribution in [0.4, 0.5) is 11.4 Å². The van der Waals surface area contributed by atoms with Crippen molar-refractivity contribution in [3.63, 3.8) is 0 Å². The van der Waals surface area contributed by atoms with Gasteiger partial charge in [-0.2, -0.15) is 0 Å². The van der Waals surface area contributed by atoms with E-state index in [1.807, 2.05) is 43.5 Å². The first-order valence-electron chi connectivity index (χ1n) is 11.9. The minimum Gasteiger partial charge on any atom is -0.496 e. The van der Waals surface area contributed by atoms with Crippen LogP contribution in [0.5, 0.6) is 5.75 Å². The lowest BCUT2D eigenvalue weighted by molar-refractivity contribution is -0.384. The molecule has 0 bridgehead atoms. The highest BCUT2D eigenvalue weighted by atomic mass is 32.1. The van der Waals surface area contributed by atoms with Gasteiger partial charge in [-0.05, 0) is 81.0 Å². The first kappa shape index (κ1) is 24.5. The number of ether oxygens (including phenoxy) is 1. The Kier molecular flexibility index (Phi) is 6.39. The lowest BCUT2D eigenvalue weighted by Gasteiger charge is -2.28. The number of thiocarbonyl (C=S) groups is 1. The van der Waals surface area contributed by atoms with Crippen LogP contribution in [0.15, 0.2) is 72.9 Å². The Balaban J connectivity index is 1.70. The molecule has 4 aromatic rings. The Morgan fingerprint density at radius 3 is 2.46 bits per heavy atom. The molecule has 2 atom stereocenters. The summed E-state index contributed by atoms with van der Waals surface area (Å²) in [6.07, 6.45) is 1.77. The second-order valence-corrected chi connectivity index (χ2v) is 9.49. The van der Waals surface area contributed by atoms with E-state index < -0.39 is 0 Å². The molecule has 0 aliphatic carbocycles. The third-order valence-corrected chi connectivity index (χ3v) is 7.13. The number of aryl methyl sites for hydroxylation is 2. The zero-order valence-electron chi connectivity index (χ0n) is 21.0. The number of nitrogens with zero attached hydrogens (tertiary/aromatic N) is 4. The summed E-state index contributed by atoms with van der Waals surface area (Å²) in [6, 6.07) is 20.7. The van der Waals surface area contributed by atoms with Gasteiger partial charge in [0, 0.05) is 23.3 Å². The van der Waals surface area contributed by atoms with Crippen molar-refractivity contribution >= 4 is 28.7 Å². The Bertz CT molecular complexity index is 1480. The molecule has 5 rings (SSSR count). The molecule has 0 unspecified atom stereocenters. The predicted molar refractivity (Wildman–Crippen MR) is 148 cm³/mol. The van der Waals surface area contributed by atoms with E-state index in [1.165, 1.54) is 13.2 Å². The molecule has 188 valence electrons. The van der Waals surface area contributed by atoms with E-state index in [1.54, 1.807) is 18.3 Å². The van der Waals surface area contributed by atoms with Gasteiger partial charge >= 0.3 is 0 Å². The van der Waals surface area contributed by atoms with Gasteiger partial charge in [0.15, 0.2) is 5.11 Å². The van der Waals surface area contributed by atoms with Crippen molar-refractivity contribution in [2.75, 3.05) is 12.0 Å². The average molecular weight is 514 g/mol. The molecule has 2 aromatic heterocycles. The van der Waals surface area contributed by atoms with Gasteiger partial charge in [-0.25, -0.2) is 0 Å². The summed E-state index contributed by atoms with van der Waals surface area (Å²) < 4.78 is 7.17. The van der Waals surface area contributed by atoms with E-state index >= 15 is 0 Å². The van der Waals surface area contributed by atoms with Crippen LogP contribution in [0.1, 0.15) is 40.3 Å². The quantitative estimate of drug-likeness (QED) is 0.195. The first-order chi connectivity index (χ1) is 17.8. The van der Waals surface area contributed by atoms with E-state index in [4.69, 9.17) is 17.0 Å². The molecule has 0 spiro atoms. The molecule has 0 radical (unpaired) electrons. The van der Waals surface area contributed by atoms with Crippen molar-refractivity contribution in [1.29, 1.82) is 0 Å². The van der Waals surface area contributed by atoms with Crippen molar-refractivity contribution in [2.24, 2.45) is 0 Å². The fraction of sp³-hybridized carbons (Fsp3) is 0.214. The SMILES string of the molecule is COc1ccc(-n2c(C)cc([C@H]3[C@@H](c4ccccn4)NC(=S)N3c3ccc(C)cc3)c2C)c([N+](=O)[O-])c1. The molecular formula is C28H27N5O3S. The fourth-order valence-corrected chi connectivity index (χ4v) is 5.42. The smallest absolute Gasteiger partial charge is 0.296 e. The van der Waals surface area contributed by atoms with Gasteiger partial charge in [0.05, 0.1) is 35.9 Å². The van der Waals surface area contributed by atoms with Crippen molar-refractivity contribution in [1.82, 2.24) is 14.9 Å². The van der Waals surface area contributed by atoms with Crippen LogP contribution in [-0.4, -0.2) is 26.7 Å². The molecule has 1 aliphatic heterocycles. The number of anilines is 1. The predicted octanol–water partition coefficient (Wildman–Crippen LogP) is 5.89. The van der Waals surface area contributed by atoms with E-state index in [2.05, 4.69) is 45.5 Å². The minimum absolute atomic E-state index is 0.0237. The van der Waals surface area contributed by atoms with Crippen LogP contribution >= 0.6 is 12.2 Å². The molecule has 8 nitrogen and oxygen atoms in total. The van der Waals surface area contributed by atoms with Gasteiger partial charge in [0.25, 0.3) is 5.69 Å². The maximum Gasteiger partial charge on any atom is 0.296 e. The number of hydrogen-bond acceptors (Lipinski definition) is 5. The molecule has 9 heteroatoms. The number of hydrogen-bond donors (Lipinski definition) is 1. The molecule has 0 saturated carbocycles. The average Bonchev–Trinajstić information content (AvgIpc) is 3.39. The molecule has 37 heavy (non-hydrogen) atoms. The number of nitro groups is 1. The maximum absolute atomic E-state index is 12.0. The summed E-state index contributed by atoms with van der Waals surface area (Å²) in [4.78, 5) is 18.4. The van der Waals surface area contributed by atoms with Gasteiger partial charge < -0.3 is 19.5 Å².